The Morgan fingerprint density at radius 1 is 0.650 bits per heavy atom. The molecule has 6 heteroatoms. The Balaban J connectivity index is 1.26. The zero-order valence-corrected chi connectivity index (χ0v) is 23.1. The Hall–Kier alpha value is -2.97. The smallest absolute Gasteiger partial charge is 0.137 e. The van der Waals surface area contributed by atoms with Crippen molar-refractivity contribution in [3.63, 3.8) is 0 Å². The lowest BCUT2D eigenvalue weighted by Gasteiger charge is -2.49. The summed E-state index contributed by atoms with van der Waals surface area (Å²) in [6.45, 7) is 1.79. The van der Waals surface area contributed by atoms with Crippen molar-refractivity contribution in [1.29, 1.82) is 0 Å². The van der Waals surface area contributed by atoms with Crippen molar-refractivity contribution in [2.45, 2.75) is 54.1 Å². The van der Waals surface area contributed by atoms with Crippen molar-refractivity contribution >= 4 is 11.8 Å². The van der Waals surface area contributed by atoms with Gasteiger partial charge < -0.3 is 23.7 Å². The second-order valence-corrected chi connectivity index (χ2v) is 11.2. The van der Waals surface area contributed by atoms with Gasteiger partial charge in [-0.1, -0.05) is 121 Å². The van der Waals surface area contributed by atoms with Gasteiger partial charge >= 0.3 is 0 Å². The lowest BCUT2D eigenvalue weighted by molar-refractivity contribution is -0.294. The number of thioether (sulfide) groups is 1. The molecule has 2 aliphatic heterocycles. The van der Waals surface area contributed by atoms with Crippen molar-refractivity contribution in [2.75, 3.05) is 13.2 Å². The molecular weight excluding hydrogens is 520 g/mol. The predicted octanol–water partition coefficient (Wildman–Crippen LogP) is 6.83. The summed E-state index contributed by atoms with van der Waals surface area (Å²) < 4.78 is 33.0. The lowest BCUT2D eigenvalue weighted by Crippen LogP contribution is -2.62. The molecule has 5 nitrogen and oxygen atoms in total. The molecule has 0 radical (unpaired) electrons. The SMILES string of the molecule is c1ccc(COC[C@H]2O[C@H](Sc3ccccc3)[C@H]3OC[C@@H](c4ccccc4)O[C@H]3[C@@H]2OCc2ccccc2)cc1. The molecule has 0 amide bonds. The van der Waals surface area contributed by atoms with Gasteiger partial charge in [-0.2, -0.15) is 0 Å². The third-order valence-corrected chi connectivity index (χ3v) is 8.35. The molecule has 4 aromatic carbocycles. The van der Waals surface area contributed by atoms with E-state index in [1.54, 1.807) is 11.8 Å². The van der Waals surface area contributed by atoms with Crippen LogP contribution in [0.1, 0.15) is 22.8 Å². The van der Waals surface area contributed by atoms with Crippen molar-refractivity contribution in [2.24, 2.45) is 0 Å². The highest BCUT2D eigenvalue weighted by Gasteiger charge is 2.51. The zero-order valence-electron chi connectivity index (χ0n) is 22.3. The van der Waals surface area contributed by atoms with Crippen molar-refractivity contribution in [3.05, 3.63) is 138 Å². The van der Waals surface area contributed by atoms with E-state index in [0.29, 0.717) is 26.4 Å². The number of ether oxygens (including phenoxy) is 5. The number of hydrogen-bond donors (Lipinski definition) is 0. The van der Waals surface area contributed by atoms with Crippen LogP contribution in [0.5, 0.6) is 0 Å². The molecule has 0 aromatic heterocycles. The fourth-order valence-electron chi connectivity index (χ4n) is 5.18. The quantitative estimate of drug-likeness (QED) is 0.214. The van der Waals surface area contributed by atoms with Crippen molar-refractivity contribution in [3.8, 4) is 0 Å². The standard InChI is InChI=1S/C34H34O5S/c1-5-13-25(14-6-1)21-35-23-30-31(36-22-26-15-7-2-8-16-26)32-33(34(39-30)40-28-19-11-4-12-20-28)37-24-29(38-32)27-17-9-3-10-18-27/h1-20,29-34H,21-24H2/t29-,30+,31+,32-,33-,34+/m0/s1. The first kappa shape index (κ1) is 27.2. The molecular formula is C34H34O5S. The topological polar surface area (TPSA) is 46.2 Å². The molecule has 40 heavy (non-hydrogen) atoms. The molecule has 2 fully saturated rings. The number of fused-ring (bicyclic) bond motifs is 1. The summed E-state index contributed by atoms with van der Waals surface area (Å²) in [4.78, 5) is 1.12. The maximum atomic E-state index is 6.84. The number of benzene rings is 4. The monoisotopic (exact) mass is 554 g/mol. The van der Waals surface area contributed by atoms with Crippen LogP contribution in [0.15, 0.2) is 126 Å². The van der Waals surface area contributed by atoms with Crippen LogP contribution in [0.3, 0.4) is 0 Å². The van der Waals surface area contributed by atoms with E-state index in [0.717, 1.165) is 21.6 Å². The molecule has 0 aliphatic carbocycles. The molecule has 2 aliphatic rings. The highest BCUT2D eigenvalue weighted by Crippen LogP contribution is 2.41. The molecule has 0 bridgehead atoms. The summed E-state index contributed by atoms with van der Waals surface area (Å²) in [6.07, 6.45) is -1.52. The number of rotatable bonds is 10. The van der Waals surface area contributed by atoms with Gasteiger partial charge in [0.2, 0.25) is 0 Å². The maximum Gasteiger partial charge on any atom is 0.137 e. The Morgan fingerprint density at radius 3 is 1.93 bits per heavy atom. The first-order valence-corrected chi connectivity index (χ1v) is 14.7. The molecule has 0 spiro atoms. The summed E-state index contributed by atoms with van der Waals surface area (Å²) in [6, 6.07) is 40.9. The number of hydrogen-bond acceptors (Lipinski definition) is 6. The van der Waals surface area contributed by atoms with Crippen LogP contribution < -0.4 is 0 Å². The molecule has 0 saturated carbocycles. The zero-order chi connectivity index (χ0) is 27.0. The molecule has 2 heterocycles. The van der Waals surface area contributed by atoms with E-state index >= 15 is 0 Å². The van der Waals surface area contributed by atoms with Gasteiger partial charge in [-0.25, -0.2) is 0 Å². The van der Waals surface area contributed by atoms with Crippen LogP contribution in [0.2, 0.25) is 0 Å². The minimum Gasteiger partial charge on any atom is -0.374 e. The van der Waals surface area contributed by atoms with Gasteiger partial charge in [0.15, 0.2) is 0 Å². The Kier molecular flexibility index (Phi) is 9.25. The van der Waals surface area contributed by atoms with Crippen LogP contribution >= 0.6 is 11.8 Å². The van der Waals surface area contributed by atoms with E-state index in [1.807, 2.05) is 72.8 Å². The third kappa shape index (κ3) is 6.84. The van der Waals surface area contributed by atoms with Gasteiger partial charge in [0.25, 0.3) is 0 Å². The van der Waals surface area contributed by atoms with Crippen LogP contribution in [-0.2, 0) is 36.9 Å². The molecule has 6 atom stereocenters. The van der Waals surface area contributed by atoms with Crippen molar-refractivity contribution < 1.29 is 23.7 Å². The molecule has 6 rings (SSSR count). The minimum atomic E-state index is -0.375. The Morgan fingerprint density at radius 2 is 1.25 bits per heavy atom. The Labute approximate surface area is 240 Å². The fraction of sp³-hybridized carbons (Fsp3) is 0.294. The average Bonchev–Trinajstić information content (AvgIpc) is 3.02. The van der Waals surface area contributed by atoms with E-state index in [4.69, 9.17) is 23.7 Å². The van der Waals surface area contributed by atoms with E-state index in [2.05, 4.69) is 48.5 Å². The van der Waals surface area contributed by atoms with Gasteiger partial charge in [0, 0.05) is 4.90 Å². The van der Waals surface area contributed by atoms with E-state index in [1.165, 1.54) is 0 Å². The summed E-state index contributed by atoms with van der Waals surface area (Å²) in [5, 5.41) is 0. The molecule has 4 aromatic rings. The second-order valence-electron chi connectivity index (χ2n) is 10.0. The summed E-state index contributed by atoms with van der Waals surface area (Å²) in [5.74, 6) is 0. The molecule has 0 N–H and O–H groups in total. The Bertz CT molecular complexity index is 1290. The van der Waals surface area contributed by atoms with Crippen LogP contribution in [0, 0.1) is 0 Å². The molecule has 2 saturated heterocycles. The van der Waals surface area contributed by atoms with Gasteiger partial charge in [-0.05, 0) is 28.8 Å². The van der Waals surface area contributed by atoms with Crippen LogP contribution in [0.4, 0.5) is 0 Å². The largest absolute Gasteiger partial charge is 0.374 e. The van der Waals surface area contributed by atoms with E-state index in [-0.39, 0.29) is 36.0 Å². The summed E-state index contributed by atoms with van der Waals surface area (Å²) >= 11 is 1.66. The highest BCUT2D eigenvalue weighted by molar-refractivity contribution is 7.99. The first-order valence-electron chi connectivity index (χ1n) is 13.8. The van der Waals surface area contributed by atoms with E-state index < -0.39 is 0 Å². The van der Waals surface area contributed by atoms with Gasteiger partial charge in [-0.15, -0.1) is 0 Å². The average molecular weight is 555 g/mol. The molecule has 206 valence electrons. The van der Waals surface area contributed by atoms with Crippen molar-refractivity contribution in [1.82, 2.24) is 0 Å². The maximum absolute atomic E-state index is 6.84. The predicted molar refractivity (Wildman–Crippen MR) is 156 cm³/mol. The summed E-state index contributed by atoms with van der Waals surface area (Å²) in [5.41, 5.74) is 3.04. The van der Waals surface area contributed by atoms with Gasteiger partial charge in [0.05, 0.1) is 26.4 Å². The fourth-order valence-corrected chi connectivity index (χ4v) is 6.33. The second kappa shape index (κ2) is 13.6. The molecule has 0 unspecified atom stereocenters. The first-order chi connectivity index (χ1) is 19.8. The van der Waals surface area contributed by atoms with Gasteiger partial charge in [-0.3, -0.25) is 0 Å². The lowest BCUT2D eigenvalue weighted by atomic mass is 9.97. The van der Waals surface area contributed by atoms with E-state index in [9.17, 15) is 0 Å². The van der Waals surface area contributed by atoms with Crippen LogP contribution in [-0.4, -0.2) is 43.1 Å². The van der Waals surface area contributed by atoms with Gasteiger partial charge in [0.1, 0.15) is 36.0 Å². The minimum absolute atomic E-state index is 0.184. The van der Waals surface area contributed by atoms with Crippen LogP contribution in [0.25, 0.3) is 0 Å². The summed E-state index contributed by atoms with van der Waals surface area (Å²) in [7, 11) is 0. The third-order valence-electron chi connectivity index (χ3n) is 7.20. The normalized spacial score (nSPS) is 26.2. The highest BCUT2D eigenvalue weighted by atomic mass is 32.2.